The van der Waals surface area contributed by atoms with Gasteiger partial charge in [0.15, 0.2) is 11.6 Å². The highest BCUT2D eigenvalue weighted by Gasteiger charge is 2.20. The molecule has 0 fully saturated rings. The third-order valence-electron chi connectivity index (χ3n) is 2.01. The highest BCUT2D eigenvalue weighted by molar-refractivity contribution is 7.90. The van der Waals surface area contributed by atoms with Crippen LogP contribution in [0.2, 0.25) is 0 Å². The summed E-state index contributed by atoms with van der Waals surface area (Å²) in [4.78, 5) is 10.5. The maximum Gasteiger partial charge on any atom is 0.328 e. The zero-order valence-corrected chi connectivity index (χ0v) is 10.5. The number of nitrogen functional groups attached to an aromatic ring is 1. The number of nitrogens with two attached hydrogens (primary N) is 1. The van der Waals surface area contributed by atoms with Gasteiger partial charge in [-0.3, -0.25) is 0 Å². The summed E-state index contributed by atoms with van der Waals surface area (Å²) in [5.41, 5.74) is 5.25. The minimum absolute atomic E-state index is 0.185. The quantitative estimate of drug-likeness (QED) is 0.675. The van der Waals surface area contributed by atoms with Gasteiger partial charge in [-0.05, 0) is 12.1 Å². The molecule has 4 N–H and O–H groups in total. The van der Waals surface area contributed by atoms with Crippen LogP contribution < -0.4 is 20.5 Å². The van der Waals surface area contributed by atoms with Crippen LogP contribution in [0.4, 0.5) is 14.9 Å². The van der Waals surface area contributed by atoms with Crippen molar-refractivity contribution in [3.05, 3.63) is 17.9 Å². The van der Waals surface area contributed by atoms with Crippen molar-refractivity contribution in [3.63, 3.8) is 0 Å². The van der Waals surface area contributed by atoms with Crippen molar-refractivity contribution in [2.24, 2.45) is 0 Å². The van der Waals surface area contributed by atoms with Crippen molar-refractivity contribution >= 4 is 21.7 Å². The number of halogens is 1. The van der Waals surface area contributed by atoms with Crippen LogP contribution in [0.3, 0.4) is 0 Å². The molecule has 9 heteroatoms. The fourth-order valence-corrected chi connectivity index (χ4v) is 2.20. The van der Waals surface area contributed by atoms with Gasteiger partial charge >= 0.3 is 6.03 Å². The fourth-order valence-electron chi connectivity index (χ4n) is 1.19. The number of urea groups is 1. The number of anilines is 1. The first kappa shape index (κ1) is 14.0. The van der Waals surface area contributed by atoms with Crippen molar-refractivity contribution in [1.82, 2.24) is 10.0 Å². The van der Waals surface area contributed by atoms with Crippen molar-refractivity contribution in [2.45, 2.75) is 4.90 Å². The van der Waals surface area contributed by atoms with E-state index >= 15 is 0 Å². The van der Waals surface area contributed by atoms with Gasteiger partial charge in [0, 0.05) is 7.05 Å². The van der Waals surface area contributed by atoms with E-state index < -0.39 is 26.8 Å². The summed E-state index contributed by atoms with van der Waals surface area (Å²) in [6.45, 7) is 0. The second-order valence-corrected chi connectivity index (χ2v) is 4.89. The Hall–Kier alpha value is -2.03. The van der Waals surface area contributed by atoms with E-state index in [1.807, 2.05) is 0 Å². The smallest absolute Gasteiger partial charge is 0.328 e. The number of ether oxygens (including phenoxy) is 1. The third kappa shape index (κ3) is 2.80. The number of amides is 2. The molecule has 18 heavy (non-hydrogen) atoms. The molecule has 1 rings (SSSR count). The Morgan fingerprint density at radius 1 is 1.44 bits per heavy atom. The zero-order valence-electron chi connectivity index (χ0n) is 9.65. The largest absolute Gasteiger partial charge is 0.492 e. The van der Waals surface area contributed by atoms with E-state index in [9.17, 15) is 17.6 Å². The predicted octanol–water partition coefficient (Wildman–Crippen LogP) is 0.0342. The second kappa shape index (κ2) is 5.08. The molecule has 0 heterocycles. The van der Waals surface area contributed by atoms with E-state index in [-0.39, 0.29) is 11.4 Å². The number of sulfonamides is 1. The Morgan fingerprint density at radius 3 is 2.50 bits per heavy atom. The Kier molecular flexibility index (Phi) is 3.96. The lowest BCUT2D eigenvalue weighted by molar-refractivity contribution is 0.248. The second-order valence-electron chi connectivity index (χ2n) is 3.21. The van der Waals surface area contributed by atoms with Gasteiger partial charge in [0.25, 0.3) is 10.0 Å². The van der Waals surface area contributed by atoms with Gasteiger partial charge in [-0.15, -0.1) is 0 Å². The molecule has 0 aliphatic carbocycles. The molecule has 0 spiro atoms. The molecular weight excluding hydrogens is 265 g/mol. The lowest BCUT2D eigenvalue weighted by atomic mass is 10.3. The number of rotatable bonds is 3. The van der Waals surface area contributed by atoms with E-state index in [1.54, 1.807) is 4.72 Å². The molecule has 0 bridgehead atoms. The molecule has 1 aromatic rings. The number of benzene rings is 1. The van der Waals surface area contributed by atoms with Gasteiger partial charge in [0.05, 0.1) is 17.7 Å². The van der Waals surface area contributed by atoms with Crippen LogP contribution in [-0.4, -0.2) is 28.6 Å². The topological polar surface area (TPSA) is 111 Å². The number of hydrogen-bond donors (Lipinski definition) is 3. The lowest BCUT2D eigenvalue weighted by Gasteiger charge is -2.10. The Labute approximate surface area is 103 Å². The average molecular weight is 277 g/mol. The molecule has 0 aliphatic rings. The molecule has 0 saturated carbocycles. The monoisotopic (exact) mass is 277 g/mol. The maximum atomic E-state index is 13.5. The van der Waals surface area contributed by atoms with Crippen molar-refractivity contribution in [2.75, 3.05) is 19.9 Å². The van der Waals surface area contributed by atoms with Gasteiger partial charge in [0.1, 0.15) is 0 Å². The first-order valence-corrected chi connectivity index (χ1v) is 6.17. The van der Waals surface area contributed by atoms with Gasteiger partial charge in [-0.2, -0.15) is 0 Å². The molecule has 0 radical (unpaired) electrons. The van der Waals surface area contributed by atoms with Crippen LogP contribution in [0.5, 0.6) is 5.75 Å². The predicted molar refractivity (Wildman–Crippen MR) is 62.1 cm³/mol. The summed E-state index contributed by atoms with van der Waals surface area (Å²) in [6, 6.07) is 0.762. The fraction of sp³-hybridized carbons (Fsp3) is 0.222. The van der Waals surface area contributed by atoms with E-state index in [4.69, 9.17) is 5.73 Å². The Bertz CT molecular complexity index is 550. The summed E-state index contributed by atoms with van der Waals surface area (Å²) in [5, 5.41) is 2.06. The summed E-state index contributed by atoms with van der Waals surface area (Å²) in [6.07, 6.45) is 0. The minimum atomic E-state index is -4.18. The highest BCUT2D eigenvalue weighted by atomic mass is 32.2. The van der Waals surface area contributed by atoms with Crippen molar-refractivity contribution < 1.29 is 22.3 Å². The van der Waals surface area contributed by atoms with Crippen molar-refractivity contribution in [1.29, 1.82) is 0 Å². The van der Waals surface area contributed by atoms with Crippen LogP contribution in [0.1, 0.15) is 0 Å². The molecule has 2 amide bonds. The van der Waals surface area contributed by atoms with E-state index in [2.05, 4.69) is 10.1 Å². The minimum Gasteiger partial charge on any atom is -0.492 e. The van der Waals surface area contributed by atoms with Gasteiger partial charge in [-0.1, -0.05) is 0 Å². The summed E-state index contributed by atoms with van der Waals surface area (Å²) in [7, 11) is -1.74. The van der Waals surface area contributed by atoms with Crippen LogP contribution in [0.25, 0.3) is 0 Å². The van der Waals surface area contributed by atoms with E-state index in [0.29, 0.717) is 6.07 Å². The van der Waals surface area contributed by atoms with E-state index in [0.717, 1.165) is 6.07 Å². The first-order valence-electron chi connectivity index (χ1n) is 4.69. The lowest BCUT2D eigenvalue weighted by Crippen LogP contribution is -2.37. The molecule has 0 atom stereocenters. The van der Waals surface area contributed by atoms with Crippen molar-refractivity contribution in [3.8, 4) is 5.75 Å². The summed E-state index contributed by atoms with van der Waals surface area (Å²) >= 11 is 0. The van der Waals surface area contributed by atoms with Crippen LogP contribution in [0, 0.1) is 5.82 Å². The van der Waals surface area contributed by atoms with Crippen LogP contribution in [-0.2, 0) is 10.0 Å². The number of hydrogen-bond acceptors (Lipinski definition) is 5. The molecule has 0 saturated heterocycles. The molecule has 0 aromatic heterocycles. The molecule has 100 valence electrons. The molecule has 1 aromatic carbocycles. The summed E-state index contributed by atoms with van der Waals surface area (Å²) in [5.74, 6) is -1.19. The Morgan fingerprint density at radius 2 is 2.06 bits per heavy atom. The van der Waals surface area contributed by atoms with Gasteiger partial charge in [-0.25, -0.2) is 22.3 Å². The number of methoxy groups -OCH3 is 1. The molecule has 7 nitrogen and oxygen atoms in total. The third-order valence-corrected chi connectivity index (χ3v) is 3.32. The number of nitrogens with one attached hydrogen (secondary N) is 2. The Balaban J connectivity index is 3.22. The average Bonchev–Trinajstić information content (AvgIpc) is 2.27. The standard InChI is InChI=1S/C9H12FN3O4S/c1-12-9(14)13-18(15,16)5-3-6(10)8(17-2)7(11)4-5/h3-4H,11H2,1-2H3,(H2,12,13,14). The van der Waals surface area contributed by atoms with Gasteiger partial charge < -0.3 is 15.8 Å². The zero-order chi connectivity index (χ0) is 13.9. The number of carbonyl (C=O) groups is 1. The highest BCUT2D eigenvalue weighted by Crippen LogP contribution is 2.28. The van der Waals surface area contributed by atoms with Crippen LogP contribution in [0.15, 0.2) is 17.0 Å². The van der Waals surface area contributed by atoms with E-state index in [1.165, 1.54) is 14.2 Å². The first-order chi connectivity index (χ1) is 8.31. The van der Waals surface area contributed by atoms with Gasteiger partial charge in [0.2, 0.25) is 0 Å². The van der Waals surface area contributed by atoms with Crippen LogP contribution >= 0.6 is 0 Å². The maximum absolute atomic E-state index is 13.5. The number of carbonyl (C=O) groups excluding carboxylic acids is 1. The molecular formula is C9H12FN3O4S. The summed E-state index contributed by atoms with van der Waals surface area (Å²) < 4.78 is 43.1. The normalized spacial score (nSPS) is 10.8. The SMILES string of the molecule is CNC(=O)NS(=O)(=O)c1cc(N)c(OC)c(F)c1. The molecule has 0 unspecified atom stereocenters. The molecule has 0 aliphatic heterocycles.